The standard InChI is InChI=1S/C17H17Cl2N3O2S/c1-2-22-4-3-12-13(8-22)25-17(14(12)15(20)23)21-16(24)9-5-10(18)7-11(19)6-9/h5-7H,2-4,8H2,1H3,(H2,20,23)(H,21,24). The first-order chi connectivity index (χ1) is 11.9. The van der Waals surface area contributed by atoms with Crippen molar-refractivity contribution in [1.82, 2.24) is 4.90 Å². The Hall–Kier alpha value is -1.60. The molecule has 8 heteroatoms. The molecule has 25 heavy (non-hydrogen) atoms. The van der Waals surface area contributed by atoms with Crippen molar-refractivity contribution in [3.8, 4) is 0 Å². The number of hydrogen-bond donors (Lipinski definition) is 2. The highest BCUT2D eigenvalue weighted by atomic mass is 35.5. The average molecular weight is 398 g/mol. The van der Waals surface area contributed by atoms with Gasteiger partial charge >= 0.3 is 0 Å². The second kappa shape index (κ2) is 7.33. The van der Waals surface area contributed by atoms with Crippen molar-refractivity contribution in [3.63, 3.8) is 0 Å². The van der Waals surface area contributed by atoms with Crippen molar-refractivity contribution in [2.45, 2.75) is 19.9 Å². The lowest BCUT2D eigenvalue weighted by molar-refractivity contribution is 0.1000. The van der Waals surface area contributed by atoms with Gasteiger partial charge in [-0.2, -0.15) is 0 Å². The number of carbonyl (C=O) groups is 2. The molecule has 0 unspecified atom stereocenters. The first kappa shape index (κ1) is 18.2. The molecule has 0 spiro atoms. The van der Waals surface area contributed by atoms with Crippen LogP contribution < -0.4 is 11.1 Å². The summed E-state index contributed by atoms with van der Waals surface area (Å²) in [6.07, 6.45) is 0.747. The number of carbonyl (C=O) groups excluding carboxylic acids is 2. The number of anilines is 1. The van der Waals surface area contributed by atoms with Crippen molar-refractivity contribution < 1.29 is 9.59 Å². The van der Waals surface area contributed by atoms with E-state index >= 15 is 0 Å². The van der Waals surface area contributed by atoms with Crippen molar-refractivity contribution >= 4 is 51.4 Å². The number of benzene rings is 1. The summed E-state index contributed by atoms with van der Waals surface area (Å²) < 4.78 is 0. The topological polar surface area (TPSA) is 75.4 Å². The predicted octanol–water partition coefficient (Wildman–Crippen LogP) is 3.78. The number of halogens is 2. The van der Waals surface area contributed by atoms with Crippen LogP contribution in [0.5, 0.6) is 0 Å². The Bertz CT molecular complexity index is 830. The van der Waals surface area contributed by atoms with Gasteiger partial charge in [0.2, 0.25) is 0 Å². The molecule has 1 aromatic carbocycles. The summed E-state index contributed by atoms with van der Waals surface area (Å²) in [5.41, 5.74) is 7.26. The Kier molecular flexibility index (Phi) is 5.34. The lowest BCUT2D eigenvalue weighted by Crippen LogP contribution is -2.30. The lowest BCUT2D eigenvalue weighted by atomic mass is 10.0. The maximum atomic E-state index is 12.5. The zero-order valence-corrected chi connectivity index (χ0v) is 15.9. The summed E-state index contributed by atoms with van der Waals surface area (Å²) in [7, 11) is 0. The van der Waals surface area contributed by atoms with Crippen LogP contribution >= 0.6 is 34.5 Å². The van der Waals surface area contributed by atoms with Crippen molar-refractivity contribution in [3.05, 3.63) is 49.8 Å². The third-order valence-corrected chi connectivity index (χ3v) is 5.75. The number of rotatable bonds is 4. The number of fused-ring (bicyclic) bond motifs is 1. The van der Waals surface area contributed by atoms with Crippen LogP contribution in [0, 0.1) is 0 Å². The molecule has 0 fully saturated rings. The van der Waals surface area contributed by atoms with Gasteiger partial charge in [-0.1, -0.05) is 30.1 Å². The Morgan fingerprint density at radius 1 is 1.28 bits per heavy atom. The van der Waals surface area contributed by atoms with Crippen LogP contribution in [0.15, 0.2) is 18.2 Å². The zero-order chi connectivity index (χ0) is 18.1. The van der Waals surface area contributed by atoms with E-state index in [0.29, 0.717) is 26.2 Å². The van der Waals surface area contributed by atoms with E-state index in [0.717, 1.165) is 36.5 Å². The van der Waals surface area contributed by atoms with Gasteiger partial charge in [0.25, 0.3) is 11.8 Å². The fourth-order valence-corrected chi connectivity index (χ4v) is 4.75. The number of nitrogens with two attached hydrogens (primary N) is 1. The molecule has 2 heterocycles. The van der Waals surface area contributed by atoms with Gasteiger partial charge in [-0.05, 0) is 36.7 Å². The first-order valence-electron chi connectivity index (χ1n) is 7.83. The van der Waals surface area contributed by atoms with Crippen LogP contribution in [-0.2, 0) is 13.0 Å². The van der Waals surface area contributed by atoms with Gasteiger partial charge in [-0.15, -0.1) is 11.3 Å². The maximum Gasteiger partial charge on any atom is 0.256 e. The SMILES string of the molecule is CCN1CCc2c(sc(NC(=O)c3cc(Cl)cc(Cl)c3)c2C(N)=O)C1. The minimum absolute atomic E-state index is 0.328. The zero-order valence-electron chi connectivity index (χ0n) is 13.6. The Morgan fingerprint density at radius 2 is 1.96 bits per heavy atom. The number of likely N-dealkylation sites (N-methyl/N-ethyl adjacent to an activating group) is 1. The van der Waals surface area contributed by atoms with Gasteiger partial charge in [0.05, 0.1) is 5.56 Å². The van der Waals surface area contributed by atoms with Gasteiger partial charge < -0.3 is 11.1 Å². The second-order valence-electron chi connectivity index (χ2n) is 5.80. The molecule has 3 rings (SSSR count). The normalized spacial score (nSPS) is 14.2. The molecule has 3 N–H and O–H groups in total. The number of nitrogens with one attached hydrogen (secondary N) is 1. The van der Waals surface area contributed by atoms with E-state index in [9.17, 15) is 9.59 Å². The molecule has 1 aromatic heterocycles. The second-order valence-corrected chi connectivity index (χ2v) is 7.78. The minimum atomic E-state index is -0.526. The average Bonchev–Trinajstić information content (AvgIpc) is 2.90. The molecular formula is C17H17Cl2N3O2S. The highest BCUT2D eigenvalue weighted by molar-refractivity contribution is 7.17. The summed E-state index contributed by atoms with van der Waals surface area (Å²) in [5.74, 6) is -0.903. The molecule has 0 atom stereocenters. The van der Waals surface area contributed by atoms with Crippen LogP contribution in [0.4, 0.5) is 5.00 Å². The van der Waals surface area contributed by atoms with E-state index in [1.54, 1.807) is 6.07 Å². The Labute approximate surface area is 159 Å². The molecule has 2 aromatic rings. The molecule has 1 aliphatic heterocycles. The highest BCUT2D eigenvalue weighted by Crippen LogP contribution is 2.37. The molecule has 0 bridgehead atoms. The van der Waals surface area contributed by atoms with E-state index in [1.807, 2.05) is 0 Å². The lowest BCUT2D eigenvalue weighted by Gasteiger charge is -2.25. The molecule has 1 aliphatic rings. The van der Waals surface area contributed by atoms with Crippen LogP contribution in [-0.4, -0.2) is 29.8 Å². The molecular weight excluding hydrogens is 381 g/mol. The minimum Gasteiger partial charge on any atom is -0.365 e. The van der Waals surface area contributed by atoms with Crippen LogP contribution in [0.1, 0.15) is 38.1 Å². The Morgan fingerprint density at radius 3 is 2.56 bits per heavy atom. The maximum absolute atomic E-state index is 12.5. The number of hydrogen-bond acceptors (Lipinski definition) is 4. The molecule has 132 valence electrons. The van der Waals surface area contributed by atoms with Gasteiger partial charge in [0.1, 0.15) is 5.00 Å². The fourth-order valence-electron chi connectivity index (χ4n) is 2.94. The molecule has 0 radical (unpaired) electrons. The third-order valence-electron chi connectivity index (χ3n) is 4.18. The third kappa shape index (κ3) is 3.82. The van der Waals surface area contributed by atoms with Crippen LogP contribution in [0.3, 0.4) is 0 Å². The van der Waals surface area contributed by atoms with Crippen molar-refractivity contribution in [2.24, 2.45) is 5.73 Å². The van der Waals surface area contributed by atoms with Gasteiger partial charge in [-0.25, -0.2) is 0 Å². The summed E-state index contributed by atoms with van der Waals surface area (Å²) in [4.78, 5) is 27.9. The fraction of sp³-hybridized carbons (Fsp3) is 0.294. The molecule has 0 aliphatic carbocycles. The van der Waals surface area contributed by atoms with E-state index in [1.165, 1.54) is 23.5 Å². The number of primary amides is 1. The van der Waals surface area contributed by atoms with E-state index in [-0.39, 0.29) is 5.91 Å². The predicted molar refractivity (Wildman–Crippen MR) is 102 cm³/mol. The van der Waals surface area contributed by atoms with E-state index in [4.69, 9.17) is 28.9 Å². The van der Waals surface area contributed by atoms with Gasteiger partial charge in [0, 0.05) is 33.6 Å². The van der Waals surface area contributed by atoms with Crippen LogP contribution in [0.2, 0.25) is 10.0 Å². The van der Waals surface area contributed by atoms with Crippen molar-refractivity contribution in [1.29, 1.82) is 0 Å². The molecule has 0 saturated heterocycles. The first-order valence-corrected chi connectivity index (χ1v) is 9.40. The highest BCUT2D eigenvalue weighted by Gasteiger charge is 2.27. The smallest absolute Gasteiger partial charge is 0.256 e. The quantitative estimate of drug-likeness (QED) is 0.823. The number of amides is 2. The molecule has 0 saturated carbocycles. The molecule has 5 nitrogen and oxygen atoms in total. The largest absolute Gasteiger partial charge is 0.365 e. The summed E-state index contributed by atoms with van der Waals surface area (Å²) >= 11 is 13.3. The number of thiophene rings is 1. The van der Waals surface area contributed by atoms with Crippen LogP contribution in [0.25, 0.3) is 0 Å². The summed E-state index contributed by atoms with van der Waals surface area (Å²) in [6.45, 7) is 4.67. The molecule has 2 amide bonds. The van der Waals surface area contributed by atoms with Gasteiger partial charge in [-0.3, -0.25) is 14.5 Å². The number of nitrogens with zero attached hydrogens (tertiary/aromatic N) is 1. The monoisotopic (exact) mass is 397 g/mol. The van der Waals surface area contributed by atoms with E-state index in [2.05, 4.69) is 17.1 Å². The Balaban J connectivity index is 1.93. The van der Waals surface area contributed by atoms with E-state index < -0.39 is 5.91 Å². The van der Waals surface area contributed by atoms with Gasteiger partial charge in [0.15, 0.2) is 0 Å². The summed E-state index contributed by atoms with van der Waals surface area (Å²) in [6, 6.07) is 4.61. The summed E-state index contributed by atoms with van der Waals surface area (Å²) in [5, 5.41) is 4.02. The van der Waals surface area contributed by atoms with Crippen molar-refractivity contribution in [2.75, 3.05) is 18.4 Å².